The van der Waals surface area contributed by atoms with Gasteiger partial charge in [-0.25, -0.2) is 0 Å². The molecule has 23 heavy (non-hydrogen) atoms. The Morgan fingerprint density at radius 1 is 1.26 bits per heavy atom. The number of nitrogens with zero attached hydrogens (tertiary/aromatic N) is 2. The number of hydrogen-bond acceptors (Lipinski definition) is 3. The molecule has 0 saturated carbocycles. The van der Waals surface area contributed by atoms with E-state index in [9.17, 15) is 4.79 Å². The molecule has 6 nitrogen and oxygen atoms in total. The molecule has 0 spiro atoms. The van der Waals surface area contributed by atoms with Gasteiger partial charge in [-0.2, -0.15) is 0 Å². The average Bonchev–Trinajstić information content (AvgIpc) is 2.53. The molecule has 1 amide bonds. The highest BCUT2D eigenvalue weighted by Crippen LogP contribution is 2.07. The van der Waals surface area contributed by atoms with Gasteiger partial charge in [0.15, 0.2) is 5.96 Å². The molecule has 0 bridgehead atoms. The molecule has 1 aromatic rings. The maximum absolute atomic E-state index is 11.9. The van der Waals surface area contributed by atoms with Crippen molar-refractivity contribution in [1.82, 2.24) is 15.5 Å². The van der Waals surface area contributed by atoms with E-state index in [1.807, 2.05) is 24.3 Å². The molecule has 0 aliphatic heterocycles. The third-order valence-corrected chi connectivity index (χ3v) is 3.11. The molecule has 0 saturated heterocycles. The number of carbonyl (C=O) groups excluding carboxylic acids is 1. The Kier molecular flexibility index (Phi) is 11.4. The van der Waals surface area contributed by atoms with Crippen LogP contribution < -0.4 is 10.6 Å². The molecule has 7 heteroatoms. The van der Waals surface area contributed by atoms with Crippen LogP contribution >= 0.6 is 24.0 Å². The fraction of sp³-hybridized carbons (Fsp3) is 0.500. The zero-order valence-corrected chi connectivity index (χ0v) is 16.6. The Labute approximate surface area is 155 Å². The molecule has 0 aromatic heterocycles. The number of nitrogens with one attached hydrogen (secondary N) is 2. The monoisotopic (exact) mass is 434 g/mol. The molecule has 0 atom stereocenters. The molecule has 130 valence electrons. The second-order valence-electron chi connectivity index (χ2n) is 5.07. The van der Waals surface area contributed by atoms with E-state index in [0.29, 0.717) is 18.7 Å². The van der Waals surface area contributed by atoms with Crippen LogP contribution in [0.3, 0.4) is 0 Å². The maximum Gasteiger partial charge on any atom is 0.253 e. The Morgan fingerprint density at radius 2 is 1.96 bits per heavy atom. The van der Waals surface area contributed by atoms with Gasteiger partial charge in [0, 0.05) is 46.9 Å². The van der Waals surface area contributed by atoms with Gasteiger partial charge in [-0.1, -0.05) is 12.1 Å². The second kappa shape index (κ2) is 12.1. The molecule has 0 radical (unpaired) electrons. The van der Waals surface area contributed by atoms with E-state index in [-0.39, 0.29) is 29.9 Å². The average molecular weight is 434 g/mol. The van der Waals surface area contributed by atoms with E-state index in [1.54, 1.807) is 33.2 Å². The summed E-state index contributed by atoms with van der Waals surface area (Å²) < 4.78 is 4.98. The molecule has 0 heterocycles. The molecule has 0 fully saturated rings. The number of amides is 1. The van der Waals surface area contributed by atoms with Gasteiger partial charge < -0.3 is 20.3 Å². The predicted molar refractivity (Wildman–Crippen MR) is 105 cm³/mol. The number of methoxy groups -OCH3 is 1. The van der Waals surface area contributed by atoms with Crippen molar-refractivity contribution >= 4 is 35.8 Å². The minimum absolute atomic E-state index is 0. The lowest BCUT2D eigenvalue weighted by molar-refractivity contribution is 0.0827. The quantitative estimate of drug-likeness (QED) is 0.295. The van der Waals surface area contributed by atoms with E-state index in [1.165, 1.54) is 0 Å². The van der Waals surface area contributed by atoms with E-state index in [4.69, 9.17) is 4.74 Å². The molecule has 0 aliphatic carbocycles. The first-order valence-corrected chi connectivity index (χ1v) is 7.32. The lowest BCUT2D eigenvalue weighted by atomic mass is 10.1. The molecule has 2 N–H and O–H groups in total. The summed E-state index contributed by atoms with van der Waals surface area (Å²) in [6.07, 6.45) is 0.819. The normalized spacial score (nSPS) is 10.7. The molecule has 1 aromatic carbocycles. The Morgan fingerprint density at radius 3 is 2.57 bits per heavy atom. The number of hydrogen-bond donors (Lipinski definition) is 2. The number of carbonyl (C=O) groups is 1. The van der Waals surface area contributed by atoms with Gasteiger partial charge in [-0.15, -0.1) is 24.0 Å². The van der Waals surface area contributed by atoms with Crippen molar-refractivity contribution in [2.24, 2.45) is 4.99 Å². The first-order valence-electron chi connectivity index (χ1n) is 7.32. The van der Waals surface area contributed by atoms with Crippen molar-refractivity contribution in [2.75, 3.05) is 47.9 Å². The highest BCUT2D eigenvalue weighted by atomic mass is 127. The van der Waals surface area contributed by atoms with Crippen LogP contribution in [-0.4, -0.2) is 64.7 Å². The maximum atomic E-state index is 11.9. The van der Waals surface area contributed by atoms with E-state index >= 15 is 0 Å². The molecular formula is C16H27IN4O2. The fourth-order valence-corrected chi connectivity index (χ4v) is 1.94. The van der Waals surface area contributed by atoms with Crippen LogP contribution in [0.1, 0.15) is 15.9 Å². The first kappa shape index (κ1) is 21.6. The van der Waals surface area contributed by atoms with Crippen molar-refractivity contribution in [2.45, 2.75) is 6.42 Å². The van der Waals surface area contributed by atoms with Gasteiger partial charge in [0.1, 0.15) is 0 Å². The molecular weight excluding hydrogens is 407 g/mol. The van der Waals surface area contributed by atoms with Crippen LogP contribution in [0.5, 0.6) is 0 Å². The van der Waals surface area contributed by atoms with E-state index in [0.717, 1.165) is 24.5 Å². The number of guanidine groups is 1. The van der Waals surface area contributed by atoms with Crippen LogP contribution in [0, 0.1) is 0 Å². The standard InChI is InChI=1S/C16H26N4O2.HI/c1-17-16(19-10-11-22-4)18-9-8-13-6-5-7-14(12-13)15(21)20(2)3;/h5-7,12H,8-11H2,1-4H3,(H2,17,18,19);1H. The van der Waals surface area contributed by atoms with Crippen LogP contribution in [0.25, 0.3) is 0 Å². The SMILES string of the molecule is CN=C(NCCOC)NCCc1cccc(C(=O)N(C)C)c1.I. The predicted octanol–water partition coefficient (Wildman–Crippen LogP) is 1.36. The number of rotatable bonds is 7. The number of halogens is 1. The summed E-state index contributed by atoms with van der Waals surface area (Å²) in [6, 6.07) is 7.71. The number of benzene rings is 1. The van der Waals surface area contributed by atoms with Crippen molar-refractivity contribution in [1.29, 1.82) is 0 Å². The fourth-order valence-electron chi connectivity index (χ4n) is 1.94. The Bertz CT molecular complexity index is 507. The van der Waals surface area contributed by atoms with Crippen LogP contribution in [-0.2, 0) is 11.2 Å². The van der Waals surface area contributed by atoms with Gasteiger partial charge in [0.2, 0.25) is 0 Å². The third-order valence-electron chi connectivity index (χ3n) is 3.11. The minimum Gasteiger partial charge on any atom is -0.383 e. The zero-order valence-electron chi connectivity index (χ0n) is 14.3. The smallest absolute Gasteiger partial charge is 0.253 e. The summed E-state index contributed by atoms with van der Waals surface area (Å²) in [5.41, 5.74) is 1.83. The van der Waals surface area contributed by atoms with Crippen LogP contribution in [0.15, 0.2) is 29.3 Å². The lowest BCUT2D eigenvalue weighted by Crippen LogP contribution is -2.39. The summed E-state index contributed by atoms with van der Waals surface area (Å²) in [4.78, 5) is 17.7. The topological polar surface area (TPSA) is 66.0 Å². The van der Waals surface area contributed by atoms with Gasteiger partial charge in [-0.3, -0.25) is 9.79 Å². The van der Waals surface area contributed by atoms with Gasteiger partial charge in [-0.05, 0) is 24.1 Å². The van der Waals surface area contributed by atoms with Gasteiger partial charge in [0.25, 0.3) is 5.91 Å². The van der Waals surface area contributed by atoms with E-state index in [2.05, 4.69) is 15.6 Å². The number of aliphatic imine (C=N–C) groups is 1. The Balaban J connectivity index is 0.00000484. The summed E-state index contributed by atoms with van der Waals surface area (Å²) in [5, 5.41) is 6.39. The minimum atomic E-state index is 0. The first-order chi connectivity index (χ1) is 10.6. The summed E-state index contributed by atoms with van der Waals surface area (Å²) in [5.74, 6) is 0.768. The summed E-state index contributed by atoms with van der Waals surface area (Å²) in [6.45, 7) is 2.09. The van der Waals surface area contributed by atoms with Crippen molar-refractivity contribution in [3.63, 3.8) is 0 Å². The van der Waals surface area contributed by atoms with Gasteiger partial charge in [0.05, 0.1) is 6.61 Å². The molecule has 0 aliphatic rings. The molecule has 0 unspecified atom stereocenters. The van der Waals surface area contributed by atoms with Crippen LogP contribution in [0.4, 0.5) is 0 Å². The lowest BCUT2D eigenvalue weighted by Gasteiger charge is -2.13. The van der Waals surface area contributed by atoms with Crippen molar-refractivity contribution < 1.29 is 9.53 Å². The highest BCUT2D eigenvalue weighted by molar-refractivity contribution is 14.0. The molecule has 1 rings (SSSR count). The summed E-state index contributed by atoms with van der Waals surface area (Å²) in [7, 11) is 6.91. The van der Waals surface area contributed by atoms with Gasteiger partial charge >= 0.3 is 0 Å². The number of ether oxygens (including phenoxy) is 1. The summed E-state index contributed by atoms with van der Waals surface area (Å²) >= 11 is 0. The largest absolute Gasteiger partial charge is 0.383 e. The van der Waals surface area contributed by atoms with Crippen molar-refractivity contribution in [3.05, 3.63) is 35.4 Å². The Hall–Kier alpha value is -1.35. The van der Waals surface area contributed by atoms with Crippen LogP contribution in [0.2, 0.25) is 0 Å². The van der Waals surface area contributed by atoms with E-state index < -0.39 is 0 Å². The van der Waals surface area contributed by atoms with Crippen molar-refractivity contribution in [3.8, 4) is 0 Å². The second-order valence-corrected chi connectivity index (χ2v) is 5.07. The third kappa shape index (κ3) is 8.17. The highest BCUT2D eigenvalue weighted by Gasteiger charge is 2.08. The zero-order chi connectivity index (χ0) is 16.4.